The van der Waals surface area contributed by atoms with Crippen molar-refractivity contribution in [2.24, 2.45) is 0 Å². The molecule has 0 amide bonds. The van der Waals surface area contributed by atoms with Crippen LogP contribution in [0, 0.1) is 0 Å². The highest BCUT2D eigenvalue weighted by Gasteiger charge is 2.21. The molecule has 0 fully saturated rings. The van der Waals surface area contributed by atoms with E-state index in [-0.39, 0.29) is 0 Å². The smallest absolute Gasteiger partial charge is 0.350 e. The molecule has 0 aliphatic rings. The summed E-state index contributed by atoms with van der Waals surface area (Å²) in [6, 6.07) is 5.43. The zero-order valence-corrected chi connectivity index (χ0v) is 10.9. The average Bonchev–Trinajstić information content (AvgIpc) is 2.84. The molecule has 0 N–H and O–H groups in total. The zero-order chi connectivity index (χ0) is 13.0. The summed E-state index contributed by atoms with van der Waals surface area (Å²) in [5.41, 5.74) is 1.12. The van der Waals surface area contributed by atoms with E-state index in [9.17, 15) is 4.79 Å². The van der Waals surface area contributed by atoms with Crippen molar-refractivity contribution < 1.29 is 14.3 Å². The molecule has 0 aliphatic heterocycles. The van der Waals surface area contributed by atoms with Crippen LogP contribution in [-0.2, 0) is 4.74 Å². The highest BCUT2D eigenvalue weighted by atomic mass is 32.1. The van der Waals surface area contributed by atoms with E-state index in [4.69, 9.17) is 9.47 Å². The Morgan fingerprint density at radius 2 is 2.28 bits per heavy atom. The number of hydrogen-bond acceptors (Lipinski definition) is 6. The summed E-state index contributed by atoms with van der Waals surface area (Å²) >= 11 is 1.15. The lowest BCUT2D eigenvalue weighted by Crippen LogP contribution is -2.04. The second-order valence-corrected chi connectivity index (χ2v) is 4.26. The predicted molar refractivity (Wildman–Crippen MR) is 67.9 cm³/mol. The summed E-state index contributed by atoms with van der Waals surface area (Å²) in [6.45, 7) is 2.08. The second-order valence-electron chi connectivity index (χ2n) is 3.30. The minimum atomic E-state index is -0.404. The van der Waals surface area contributed by atoms with Crippen molar-refractivity contribution in [1.82, 2.24) is 9.97 Å². The lowest BCUT2D eigenvalue weighted by atomic mass is 10.2. The van der Waals surface area contributed by atoms with Crippen molar-refractivity contribution >= 4 is 17.3 Å². The number of nitrogens with zero attached hydrogens (tertiary/aromatic N) is 2. The molecule has 0 spiro atoms. The van der Waals surface area contributed by atoms with Crippen LogP contribution in [-0.4, -0.2) is 29.7 Å². The van der Waals surface area contributed by atoms with Gasteiger partial charge >= 0.3 is 5.97 Å². The molecule has 2 aromatic rings. The summed E-state index contributed by atoms with van der Waals surface area (Å²) in [5.74, 6) is -0.404. The van der Waals surface area contributed by atoms with E-state index in [0.29, 0.717) is 28.1 Å². The van der Waals surface area contributed by atoms with Gasteiger partial charge < -0.3 is 9.47 Å². The van der Waals surface area contributed by atoms with Crippen LogP contribution in [0.3, 0.4) is 0 Å². The summed E-state index contributed by atoms with van der Waals surface area (Å²) in [5, 5.41) is 0.415. The standard InChI is InChI=1S/C12H12N2O3S/c1-3-17-11(15)10-9(14-12(16-2)18-10)8-6-4-5-7-13-8/h4-7H,3H2,1-2H3. The van der Waals surface area contributed by atoms with Gasteiger partial charge in [-0.15, -0.1) is 0 Å². The number of pyridine rings is 1. The fraction of sp³-hybridized carbons (Fsp3) is 0.250. The van der Waals surface area contributed by atoms with Gasteiger partial charge in [-0.05, 0) is 19.1 Å². The average molecular weight is 264 g/mol. The Morgan fingerprint density at radius 1 is 1.44 bits per heavy atom. The van der Waals surface area contributed by atoms with Crippen molar-refractivity contribution in [2.75, 3.05) is 13.7 Å². The molecule has 0 aliphatic carbocycles. The normalized spacial score (nSPS) is 10.1. The number of hydrogen-bond donors (Lipinski definition) is 0. The highest BCUT2D eigenvalue weighted by Crippen LogP contribution is 2.31. The highest BCUT2D eigenvalue weighted by molar-refractivity contribution is 7.15. The zero-order valence-electron chi connectivity index (χ0n) is 10.0. The van der Waals surface area contributed by atoms with E-state index < -0.39 is 5.97 Å². The van der Waals surface area contributed by atoms with Gasteiger partial charge in [0.15, 0.2) is 0 Å². The van der Waals surface area contributed by atoms with E-state index in [1.165, 1.54) is 7.11 Å². The second kappa shape index (κ2) is 5.59. The van der Waals surface area contributed by atoms with E-state index >= 15 is 0 Å². The van der Waals surface area contributed by atoms with E-state index in [2.05, 4.69) is 9.97 Å². The van der Waals surface area contributed by atoms with Crippen molar-refractivity contribution in [2.45, 2.75) is 6.92 Å². The number of methoxy groups -OCH3 is 1. The third kappa shape index (κ3) is 2.48. The van der Waals surface area contributed by atoms with E-state index in [1.54, 1.807) is 25.3 Å². The summed E-state index contributed by atoms with van der Waals surface area (Å²) < 4.78 is 10.1. The number of thiazole rings is 1. The van der Waals surface area contributed by atoms with Crippen LogP contribution >= 0.6 is 11.3 Å². The van der Waals surface area contributed by atoms with Crippen LogP contribution in [0.5, 0.6) is 5.19 Å². The summed E-state index contributed by atoms with van der Waals surface area (Å²) in [4.78, 5) is 20.7. The molecule has 0 radical (unpaired) electrons. The predicted octanol–water partition coefficient (Wildman–Crippen LogP) is 2.39. The maximum Gasteiger partial charge on any atom is 0.350 e. The Morgan fingerprint density at radius 3 is 2.89 bits per heavy atom. The van der Waals surface area contributed by atoms with Crippen molar-refractivity contribution in [3.8, 4) is 16.6 Å². The molecule has 2 rings (SSSR count). The Kier molecular flexibility index (Phi) is 3.88. The first-order chi connectivity index (χ1) is 8.76. The van der Waals surface area contributed by atoms with Crippen LogP contribution in [0.1, 0.15) is 16.6 Å². The number of rotatable bonds is 4. The SMILES string of the molecule is CCOC(=O)c1sc(OC)nc1-c1ccccn1. The topological polar surface area (TPSA) is 61.3 Å². The monoisotopic (exact) mass is 264 g/mol. The van der Waals surface area contributed by atoms with Crippen LogP contribution in [0.4, 0.5) is 0 Å². The minimum Gasteiger partial charge on any atom is -0.473 e. The first-order valence-electron chi connectivity index (χ1n) is 5.39. The van der Waals surface area contributed by atoms with Gasteiger partial charge in [0.25, 0.3) is 5.19 Å². The number of ether oxygens (including phenoxy) is 2. The maximum atomic E-state index is 11.8. The lowest BCUT2D eigenvalue weighted by molar-refractivity contribution is 0.0532. The van der Waals surface area contributed by atoms with Gasteiger partial charge in [-0.2, -0.15) is 0 Å². The van der Waals surface area contributed by atoms with Gasteiger partial charge in [0.1, 0.15) is 10.6 Å². The molecule has 0 bridgehead atoms. The molecule has 6 heteroatoms. The molecule has 2 aromatic heterocycles. The van der Waals surface area contributed by atoms with E-state index in [1.807, 2.05) is 6.07 Å². The largest absolute Gasteiger partial charge is 0.473 e. The van der Waals surface area contributed by atoms with Crippen molar-refractivity contribution in [1.29, 1.82) is 0 Å². The fourth-order valence-corrected chi connectivity index (χ4v) is 2.18. The van der Waals surface area contributed by atoms with Gasteiger partial charge in [0.2, 0.25) is 0 Å². The summed E-state index contributed by atoms with van der Waals surface area (Å²) in [7, 11) is 1.51. The third-order valence-corrected chi connectivity index (χ3v) is 3.15. The number of carbonyl (C=O) groups is 1. The number of carbonyl (C=O) groups excluding carboxylic acids is 1. The van der Waals surface area contributed by atoms with Crippen molar-refractivity contribution in [3.63, 3.8) is 0 Å². The van der Waals surface area contributed by atoms with Crippen LogP contribution < -0.4 is 4.74 Å². The maximum absolute atomic E-state index is 11.8. The Hall–Kier alpha value is -1.95. The molecule has 0 saturated heterocycles. The lowest BCUT2D eigenvalue weighted by Gasteiger charge is -2.00. The Balaban J connectivity index is 2.45. The van der Waals surface area contributed by atoms with Gasteiger partial charge in [0, 0.05) is 6.20 Å². The number of esters is 1. The molecule has 2 heterocycles. The molecule has 94 valence electrons. The van der Waals surface area contributed by atoms with Gasteiger partial charge in [0.05, 0.1) is 19.4 Å². The first-order valence-corrected chi connectivity index (χ1v) is 6.21. The molecule has 0 atom stereocenters. The van der Waals surface area contributed by atoms with Gasteiger partial charge in [-0.1, -0.05) is 17.4 Å². The summed E-state index contributed by atoms with van der Waals surface area (Å²) in [6.07, 6.45) is 1.65. The third-order valence-electron chi connectivity index (χ3n) is 2.15. The Bertz CT molecular complexity index is 540. The molecular weight excluding hydrogens is 252 g/mol. The van der Waals surface area contributed by atoms with Gasteiger partial charge in [-0.25, -0.2) is 9.78 Å². The van der Waals surface area contributed by atoms with Crippen LogP contribution in [0.15, 0.2) is 24.4 Å². The fourth-order valence-electron chi connectivity index (χ4n) is 1.40. The molecule has 18 heavy (non-hydrogen) atoms. The van der Waals surface area contributed by atoms with Crippen LogP contribution in [0.2, 0.25) is 0 Å². The van der Waals surface area contributed by atoms with Gasteiger partial charge in [-0.3, -0.25) is 4.98 Å². The molecule has 5 nitrogen and oxygen atoms in total. The van der Waals surface area contributed by atoms with Crippen molar-refractivity contribution in [3.05, 3.63) is 29.3 Å². The minimum absolute atomic E-state index is 0.320. The Labute approximate surface area is 108 Å². The van der Waals surface area contributed by atoms with Crippen LogP contribution in [0.25, 0.3) is 11.4 Å². The molecule has 0 aromatic carbocycles. The number of aromatic nitrogens is 2. The molecule has 0 unspecified atom stereocenters. The van der Waals surface area contributed by atoms with E-state index in [0.717, 1.165) is 11.3 Å². The molecular formula is C12H12N2O3S. The molecule has 0 saturated carbocycles. The quantitative estimate of drug-likeness (QED) is 0.793. The first kappa shape index (κ1) is 12.5.